The molecule has 0 saturated carbocycles. The van der Waals surface area contributed by atoms with Crippen LogP contribution in [0.4, 0.5) is 10.1 Å². The summed E-state index contributed by atoms with van der Waals surface area (Å²) in [5.74, 6) is -1.75. The highest BCUT2D eigenvalue weighted by molar-refractivity contribution is 5.99. The first-order chi connectivity index (χ1) is 10.6. The van der Waals surface area contributed by atoms with Crippen molar-refractivity contribution >= 4 is 17.6 Å². The largest absolute Gasteiger partial charge is 0.481 e. The number of hydrogen-bond donors (Lipinski definition) is 1. The van der Waals surface area contributed by atoms with Gasteiger partial charge in [-0.3, -0.25) is 14.5 Å². The van der Waals surface area contributed by atoms with Crippen LogP contribution in [-0.4, -0.2) is 47.6 Å². The highest BCUT2D eigenvalue weighted by Gasteiger charge is 2.40. The Morgan fingerprint density at radius 2 is 2.00 bits per heavy atom. The number of piperidine rings is 1. The molecule has 2 aliphatic rings. The summed E-state index contributed by atoms with van der Waals surface area (Å²) in [5.41, 5.74) is 0.307. The van der Waals surface area contributed by atoms with Crippen molar-refractivity contribution in [3.05, 3.63) is 30.1 Å². The Kier molecular flexibility index (Phi) is 4.11. The highest BCUT2D eigenvalue weighted by Crippen LogP contribution is 2.29. The van der Waals surface area contributed by atoms with E-state index in [2.05, 4.69) is 0 Å². The molecule has 2 unspecified atom stereocenters. The van der Waals surface area contributed by atoms with E-state index in [1.54, 1.807) is 18.2 Å². The topological polar surface area (TPSA) is 60.9 Å². The molecule has 0 radical (unpaired) electrons. The number of aliphatic carboxylic acids is 1. The molecule has 2 saturated heterocycles. The Labute approximate surface area is 128 Å². The fraction of sp³-hybridized carbons (Fsp3) is 0.500. The Morgan fingerprint density at radius 3 is 2.73 bits per heavy atom. The van der Waals surface area contributed by atoms with Crippen molar-refractivity contribution in [2.24, 2.45) is 5.92 Å². The van der Waals surface area contributed by atoms with Crippen LogP contribution in [0.25, 0.3) is 0 Å². The number of amides is 1. The number of carbonyl (C=O) groups excluding carboxylic acids is 1. The van der Waals surface area contributed by atoms with Crippen LogP contribution < -0.4 is 4.90 Å². The van der Waals surface area contributed by atoms with Gasteiger partial charge in [-0.2, -0.15) is 0 Å². The second kappa shape index (κ2) is 6.04. The van der Waals surface area contributed by atoms with Crippen LogP contribution in [0.3, 0.4) is 0 Å². The number of para-hydroxylation sites is 1. The molecule has 0 aliphatic carbocycles. The van der Waals surface area contributed by atoms with Gasteiger partial charge in [-0.15, -0.1) is 0 Å². The summed E-state index contributed by atoms with van der Waals surface area (Å²) < 4.78 is 13.9. The fourth-order valence-corrected chi connectivity index (χ4v) is 3.40. The summed E-state index contributed by atoms with van der Waals surface area (Å²) in [4.78, 5) is 27.2. The highest BCUT2D eigenvalue weighted by atomic mass is 19.1. The quantitative estimate of drug-likeness (QED) is 0.924. The SMILES string of the molecule is O=C(O)C1CCCN(C2CCN(c3ccccc3F)C2=O)C1. The van der Waals surface area contributed by atoms with Gasteiger partial charge in [0, 0.05) is 13.1 Å². The molecule has 1 amide bonds. The van der Waals surface area contributed by atoms with Gasteiger partial charge in [0.25, 0.3) is 0 Å². The van der Waals surface area contributed by atoms with Gasteiger partial charge in [-0.05, 0) is 37.9 Å². The molecule has 2 aliphatic heterocycles. The van der Waals surface area contributed by atoms with Crippen molar-refractivity contribution < 1.29 is 19.1 Å². The molecule has 22 heavy (non-hydrogen) atoms. The predicted molar refractivity (Wildman–Crippen MR) is 79.1 cm³/mol. The van der Waals surface area contributed by atoms with Crippen molar-refractivity contribution in [3.8, 4) is 0 Å². The molecule has 1 aromatic carbocycles. The average molecular weight is 306 g/mol. The first-order valence-corrected chi connectivity index (χ1v) is 7.60. The number of carbonyl (C=O) groups is 2. The van der Waals surface area contributed by atoms with E-state index in [9.17, 15) is 14.0 Å². The molecule has 2 heterocycles. The summed E-state index contributed by atoms with van der Waals surface area (Å²) >= 11 is 0. The lowest BCUT2D eigenvalue weighted by Crippen LogP contribution is -2.48. The Balaban J connectivity index is 1.74. The average Bonchev–Trinajstić information content (AvgIpc) is 2.89. The molecule has 3 rings (SSSR count). The summed E-state index contributed by atoms with van der Waals surface area (Å²) in [5, 5.41) is 9.16. The van der Waals surface area contributed by atoms with Crippen LogP contribution in [-0.2, 0) is 9.59 Å². The fourth-order valence-electron chi connectivity index (χ4n) is 3.40. The zero-order valence-electron chi connectivity index (χ0n) is 12.2. The van der Waals surface area contributed by atoms with Gasteiger partial charge in [0.15, 0.2) is 0 Å². The maximum Gasteiger partial charge on any atom is 0.307 e. The lowest BCUT2D eigenvalue weighted by molar-refractivity contribution is -0.144. The number of rotatable bonds is 3. The molecule has 5 nitrogen and oxygen atoms in total. The van der Waals surface area contributed by atoms with E-state index in [0.717, 1.165) is 13.0 Å². The van der Waals surface area contributed by atoms with Crippen molar-refractivity contribution in [2.75, 3.05) is 24.5 Å². The van der Waals surface area contributed by atoms with Crippen molar-refractivity contribution in [3.63, 3.8) is 0 Å². The first kappa shape index (κ1) is 15.0. The van der Waals surface area contributed by atoms with E-state index in [4.69, 9.17) is 5.11 Å². The van der Waals surface area contributed by atoms with Crippen molar-refractivity contribution in [2.45, 2.75) is 25.3 Å². The number of carboxylic acids is 1. The standard InChI is InChI=1S/C16H19FN2O3/c17-12-5-1-2-6-13(12)19-9-7-14(15(19)20)18-8-3-4-11(10-18)16(21)22/h1-2,5-6,11,14H,3-4,7-10H2,(H,21,22). The third kappa shape index (κ3) is 2.70. The number of nitrogens with zero attached hydrogens (tertiary/aromatic N) is 2. The van der Waals surface area contributed by atoms with Crippen LogP contribution >= 0.6 is 0 Å². The maximum atomic E-state index is 13.9. The molecule has 1 aromatic rings. The molecule has 0 bridgehead atoms. The van der Waals surface area contributed by atoms with Gasteiger partial charge in [0.1, 0.15) is 5.82 Å². The van der Waals surface area contributed by atoms with Crippen LogP contribution in [0.5, 0.6) is 0 Å². The molecule has 0 aromatic heterocycles. The molecular formula is C16H19FN2O3. The number of halogens is 1. The summed E-state index contributed by atoms with van der Waals surface area (Å²) in [6, 6.07) is 5.92. The lowest BCUT2D eigenvalue weighted by atomic mass is 9.96. The van der Waals surface area contributed by atoms with Gasteiger partial charge in [0.05, 0.1) is 17.6 Å². The third-order valence-corrected chi connectivity index (χ3v) is 4.56. The minimum Gasteiger partial charge on any atom is -0.481 e. The van der Waals surface area contributed by atoms with E-state index in [-0.39, 0.29) is 11.9 Å². The minimum absolute atomic E-state index is 0.129. The normalized spacial score (nSPS) is 26.4. The van der Waals surface area contributed by atoms with E-state index < -0.39 is 17.7 Å². The predicted octanol–water partition coefficient (Wildman–Crippen LogP) is 1.73. The Hall–Kier alpha value is -1.95. The van der Waals surface area contributed by atoms with Crippen molar-refractivity contribution in [1.82, 2.24) is 4.90 Å². The monoisotopic (exact) mass is 306 g/mol. The van der Waals surface area contributed by atoms with Gasteiger partial charge in [-0.25, -0.2) is 4.39 Å². The zero-order chi connectivity index (χ0) is 15.7. The van der Waals surface area contributed by atoms with Crippen LogP contribution in [0.1, 0.15) is 19.3 Å². The number of carboxylic acid groups (broad SMARTS) is 1. The molecule has 118 valence electrons. The molecule has 0 spiro atoms. The number of anilines is 1. The molecule has 2 fully saturated rings. The first-order valence-electron chi connectivity index (χ1n) is 7.60. The maximum absolute atomic E-state index is 13.9. The van der Waals surface area contributed by atoms with Gasteiger partial charge >= 0.3 is 5.97 Å². The smallest absolute Gasteiger partial charge is 0.307 e. The van der Waals surface area contributed by atoms with E-state index in [0.29, 0.717) is 31.6 Å². The van der Waals surface area contributed by atoms with E-state index >= 15 is 0 Å². The summed E-state index contributed by atoms with van der Waals surface area (Å²) in [6.07, 6.45) is 2.05. The number of benzene rings is 1. The third-order valence-electron chi connectivity index (χ3n) is 4.56. The summed E-state index contributed by atoms with van der Waals surface area (Å²) in [6.45, 7) is 1.60. The zero-order valence-corrected chi connectivity index (χ0v) is 12.2. The van der Waals surface area contributed by atoms with E-state index in [1.165, 1.54) is 11.0 Å². The lowest BCUT2D eigenvalue weighted by Gasteiger charge is -2.34. The van der Waals surface area contributed by atoms with Gasteiger partial charge < -0.3 is 10.0 Å². The Bertz CT molecular complexity index is 593. The molecule has 1 N–H and O–H groups in total. The molecule has 2 atom stereocenters. The van der Waals surface area contributed by atoms with E-state index in [1.807, 2.05) is 4.90 Å². The second-order valence-electron chi connectivity index (χ2n) is 5.92. The van der Waals surface area contributed by atoms with Crippen LogP contribution in [0, 0.1) is 11.7 Å². The molecular weight excluding hydrogens is 287 g/mol. The van der Waals surface area contributed by atoms with Gasteiger partial charge in [-0.1, -0.05) is 12.1 Å². The number of hydrogen-bond acceptors (Lipinski definition) is 3. The molecule has 6 heteroatoms. The van der Waals surface area contributed by atoms with Crippen LogP contribution in [0.2, 0.25) is 0 Å². The number of likely N-dealkylation sites (tertiary alicyclic amines) is 1. The minimum atomic E-state index is -0.805. The summed E-state index contributed by atoms with van der Waals surface area (Å²) in [7, 11) is 0. The van der Waals surface area contributed by atoms with Crippen molar-refractivity contribution in [1.29, 1.82) is 0 Å². The van der Waals surface area contributed by atoms with Crippen LogP contribution in [0.15, 0.2) is 24.3 Å². The van der Waals surface area contributed by atoms with Gasteiger partial charge in [0.2, 0.25) is 5.91 Å². The second-order valence-corrected chi connectivity index (χ2v) is 5.92. The Morgan fingerprint density at radius 1 is 1.23 bits per heavy atom.